The highest BCUT2D eigenvalue weighted by Gasteiger charge is 2.07. The molecule has 0 bridgehead atoms. The molecule has 0 aromatic rings. The zero-order chi connectivity index (χ0) is 10.8. The quantitative estimate of drug-likeness (QED) is 0.536. The monoisotopic (exact) mass is 232 g/mol. The average molecular weight is 233 g/mol. The minimum Gasteiger partial charge on any atom is -0.317 e. The number of hydrogen-bond acceptors (Lipinski definition) is 2. The maximum Gasteiger partial charge on any atom is 0.0235 e. The van der Waals surface area contributed by atoms with Gasteiger partial charge >= 0.3 is 0 Å². The topological polar surface area (TPSA) is 15.3 Å². The highest BCUT2D eigenvalue weighted by molar-refractivity contribution is 6.17. The summed E-state index contributed by atoms with van der Waals surface area (Å²) in [6.45, 7) is 6.13. The molecule has 0 aliphatic carbocycles. The number of halogens is 1. The van der Waals surface area contributed by atoms with Crippen LogP contribution in [0.3, 0.4) is 0 Å². The van der Waals surface area contributed by atoms with Crippen molar-refractivity contribution in [3.8, 4) is 0 Å². The van der Waals surface area contributed by atoms with E-state index in [-0.39, 0.29) is 0 Å². The average Bonchev–Trinajstić information content (AvgIpc) is 2.52. The van der Waals surface area contributed by atoms with E-state index in [1.54, 1.807) is 0 Å². The van der Waals surface area contributed by atoms with E-state index in [1.807, 2.05) is 0 Å². The molecule has 15 heavy (non-hydrogen) atoms. The van der Waals surface area contributed by atoms with Crippen LogP contribution in [-0.4, -0.2) is 43.5 Å². The van der Waals surface area contributed by atoms with Crippen molar-refractivity contribution in [1.82, 2.24) is 10.2 Å². The van der Waals surface area contributed by atoms with Crippen LogP contribution in [0, 0.1) is 0 Å². The van der Waals surface area contributed by atoms with Crippen LogP contribution in [0.25, 0.3) is 0 Å². The van der Waals surface area contributed by atoms with E-state index >= 15 is 0 Å². The van der Waals surface area contributed by atoms with Crippen molar-refractivity contribution >= 4 is 11.6 Å². The predicted molar refractivity (Wildman–Crippen MR) is 67.7 cm³/mol. The SMILES string of the molecule is ClCCCNCCCN1CCCCCC1. The van der Waals surface area contributed by atoms with Gasteiger partial charge in [0.25, 0.3) is 0 Å². The maximum absolute atomic E-state index is 5.61. The Morgan fingerprint density at radius 2 is 1.60 bits per heavy atom. The fourth-order valence-corrected chi connectivity index (χ4v) is 2.24. The Morgan fingerprint density at radius 3 is 2.27 bits per heavy atom. The molecule has 0 amide bonds. The molecule has 2 nitrogen and oxygen atoms in total. The van der Waals surface area contributed by atoms with Crippen LogP contribution in [0.4, 0.5) is 0 Å². The summed E-state index contributed by atoms with van der Waals surface area (Å²) in [5.74, 6) is 0.777. The lowest BCUT2D eigenvalue weighted by atomic mass is 10.2. The van der Waals surface area contributed by atoms with Crippen LogP contribution in [0.1, 0.15) is 38.5 Å². The zero-order valence-corrected chi connectivity index (χ0v) is 10.6. The number of alkyl halides is 1. The molecule has 90 valence electrons. The van der Waals surface area contributed by atoms with Gasteiger partial charge in [0.15, 0.2) is 0 Å². The highest BCUT2D eigenvalue weighted by atomic mass is 35.5. The molecule has 1 aliphatic rings. The van der Waals surface area contributed by atoms with Gasteiger partial charge in [0.05, 0.1) is 0 Å². The van der Waals surface area contributed by atoms with Gasteiger partial charge in [-0.25, -0.2) is 0 Å². The Labute approximate surface area is 99.4 Å². The Hall–Kier alpha value is 0.210. The lowest BCUT2D eigenvalue weighted by molar-refractivity contribution is 0.280. The lowest BCUT2D eigenvalue weighted by Gasteiger charge is -2.19. The first kappa shape index (κ1) is 13.3. The standard InChI is InChI=1S/C12H25ClN2/c13-7-5-8-14-9-6-12-15-10-3-1-2-4-11-15/h14H,1-12H2. The fourth-order valence-electron chi connectivity index (χ4n) is 2.10. The van der Waals surface area contributed by atoms with Gasteiger partial charge in [-0.05, 0) is 58.4 Å². The second-order valence-corrected chi connectivity index (χ2v) is 4.78. The van der Waals surface area contributed by atoms with E-state index < -0.39 is 0 Å². The van der Waals surface area contributed by atoms with E-state index in [9.17, 15) is 0 Å². The van der Waals surface area contributed by atoms with Crippen molar-refractivity contribution in [3.63, 3.8) is 0 Å². The largest absolute Gasteiger partial charge is 0.317 e. The van der Waals surface area contributed by atoms with E-state index in [2.05, 4.69) is 10.2 Å². The lowest BCUT2D eigenvalue weighted by Crippen LogP contribution is -2.28. The van der Waals surface area contributed by atoms with E-state index in [4.69, 9.17) is 11.6 Å². The van der Waals surface area contributed by atoms with E-state index in [1.165, 1.54) is 51.7 Å². The van der Waals surface area contributed by atoms with E-state index in [0.29, 0.717) is 0 Å². The van der Waals surface area contributed by atoms with Crippen molar-refractivity contribution in [2.24, 2.45) is 0 Å². The molecule has 0 spiro atoms. The van der Waals surface area contributed by atoms with Gasteiger partial charge in [0, 0.05) is 5.88 Å². The molecule has 0 saturated carbocycles. The van der Waals surface area contributed by atoms with Crippen molar-refractivity contribution in [1.29, 1.82) is 0 Å². The van der Waals surface area contributed by atoms with Crippen LogP contribution in [0.15, 0.2) is 0 Å². The smallest absolute Gasteiger partial charge is 0.0235 e. The van der Waals surface area contributed by atoms with Gasteiger partial charge in [-0.3, -0.25) is 0 Å². The summed E-state index contributed by atoms with van der Waals surface area (Å²) >= 11 is 5.61. The van der Waals surface area contributed by atoms with Crippen LogP contribution < -0.4 is 5.32 Å². The van der Waals surface area contributed by atoms with Gasteiger partial charge in [-0.15, -0.1) is 11.6 Å². The molecule has 1 rings (SSSR count). The second kappa shape index (κ2) is 9.44. The van der Waals surface area contributed by atoms with Crippen molar-refractivity contribution < 1.29 is 0 Å². The number of rotatable bonds is 7. The minimum atomic E-state index is 0.777. The summed E-state index contributed by atoms with van der Waals surface area (Å²) in [6.07, 6.45) is 8.04. The second-order valence-electron chi connectivity index (χ2n) is 4.40. The highest BCUT2D eigenvalue weighted by Crippen LogP contribution is 2.09. The predicted octanol–water partition coefficient (Wildman–Crippen LogP) is 2.47. The third-order valence-electron chi connectivity index (χ3n) is 3.01. The first-order valence-corrected chi connectivity index (χ1v) is 6.96. The number of nitrogens with one attached hydrogen (secondary N) is 1. The molecule has 0 aromatic carbocycles. The Kier molecular flexibility index (Phi) is 8.35. The first-order valence-electron chi connectivity index (χ1n) is 6.42. The molecule has 1 heterocycles. The van der Waals surface area contributed by atoms with Gasteiger partial charge in [-0.1, -0.05) is 12.8 Å². The third kappa shape index (κ3) is 7.15. The molecule has 1 saturated heterocycles. The van der Waals surface area contributed by atoms with E-state index in [0.717, 1.165) is 25.4 Å². The van der Waals surface area contributed by atoms with Gasteiger partial charge in [-0.2, -0.15) is 0 Å². The number of nitrogens with zero attached hydrogens (tertiary/aromatic N) is 1. The molecular formula is C12H25ClN2. The zero-order valence-electron chi connectivity index (χ0n) is 9.81. The van der Waals surface area contributed by atoms with Crippen LogP contribution in [0.5, 0.6) is 0 Å². The summed E-state index contributed by atoms with van der Waals surface area (Å²) in [5.41, 5.74) is 0. The first-order chi connectivity index (χ1) is 7.43. The molecule has 0 radical (unpaired) electrons. The van der Waals surface area contributed by atoms with Crippen molar-refractivity contribution in [3.05, 3.63) is 0 Å². The van der Waals surface area contributed by atoms with Crippen LogP contribution in [-0.2, 0) is 0 Å². The Balaban J connectivity index is 1.89. The summed E-state index contributed by atoms with van der Waals surface area (Å²) in [6, 6.07) is 0. The summed E-state index contributed by atoms with van der Waals surface area (Å²) in [7, 11) is 0. The van der Waals surface area contributed by atoms with Gasteiger partial charge in [0.1, 0.15) is 0 Å². The maximum atomic E-state index is 5.61. The molecular weight excluding hydrogens is 208 g/mol. The summed E-state index contributed by atoms with van der Waals surface area (Å²) in [5, 5.41) is 3.43. The van der Waals surface area contributed by atoms with Gasteiger partial charge < -0.3 is 10.2 Å². The van der Waals surface area contributed by atoms with Crippen molar-refractivity contribution in [2.45, 2.75) is 38.5 Å². The van der Waals surface area contributed by atoms with Crippen molar-refractivity contribution in [2.75, 3.05) is 38.6 Å². The minimum absolute atomic E-state index is 0.777. The van der Waals surface area contributed by atoms with Crippen LogP contribution in [0.2, 0.25) is 0 Å². The number of hydrogen-bond donors (Lipinski definition) is 1. The fraction of sp³-hybridized carbons (Fsp3) is 1.00. The summed E-state index contributed by atoms with van der Waals surface area (Å²) in [4.78, 5) is 2.62. The molecule has 3 heteroatoms. The third-order valence-corrected chi connectivity index (χ3v) is 3.28. The molecule has 1 aliphatic heterocycles. The number of likely N-dealkylation sites (tertiary alicyclic amines) is 1. The Morgan fingerprint density at radius 1 is 0.933 bits per heavy atom. The van der Waals surface area contributed by atoms with Gasteiger partial charge in [0.2, 0.25) is 0 Å². The van der Waals surface area contributed by atoms with Crippen LogP contribution >= 0.6 is 11.6 Å². The molecule has 0 aromatic heterocycles. The molecule has 1 N–H and O–H groups in total. The normalized spacial score (nSPS) is 19.0. The summed E-state index contributed by atoms with van der Waals surface area (Å²) < 4.78 is 0. The molecule has 0 unspecified atom stereocenters. The molecule has 0 atom stereocenters. The molecule has 1 fully saturated rings. The Bertz CT molecular complexity index is 134.